The van der Waals surface area contributed by atoms with Crippen molar-refractivity contribution in [3.63, 3.8) is 0 Å². The smallest absolute Gasteiger partial charge is 0.227 e. The number of aromatic nitrogens is 1. The molecule has 0 radical (unpaired) electrons. The molecule has 1 aromatic rings. The normalized spacial score (nSPS) is 31.8. The minimum atomic E-state index is -0.260. The van der Waals surface area contributed by atoms with Crippen LogP contribution in [-0.4, -0.2) is 23.5 Å². The van der Waals surface area contributed by atoms with Crippen molar-refractivity contribution in [1.29, 1.82) is 0 Å². The minimum Gasteiger partial charge on any atom is -0.369 e. The van der Waals surface area contributed by atoms with E-state index in [1.54, 1.807) is 6.07 Å². The fraction of sp³-hybridized carbons (Fsp3) is 0.400. The van der Waals surface area contributed by atoms with Crippen molar-refractivity contribution in [3.8, 4) is 0 Å². The number of halogens is 1. The van der Waals surface area contributed by atoms with Crippen LogP contribution in [0.25, 0.3) is 0 Å². The van der Waals surface area contributed by atoms with Crippen LogP contribution < -0.4 is 10.6 Å². The molecule has 2 N–H and O–H groups in total. The summed E-state index contributed by atoms with van der Waals surface area (Å²) in [6, 6.07) is 5.74. The third kappa shape index (κ3) is 1.08. The highest BCUT2D eigenvalue weighted by Crippen LogP contribution is 2.59. The van der Waals surface area contributed by atoms with E-state index >= 15 is 0 Å². The molecule has 0 spiro atoms. The summed E-state index contributed by atoms with van der Waals surface area (Å²) in [7, 11) is 0. The number of fused-ring (bicyclic) bond motifs is 1. The third-order valence-electron chi connectivity index (χ3n) is 3.35. The maximum absolute atomic E-state index is 11.1. The van der Waals surface area contributed by atoms with Gasteiger partial charge >= 0.3 is 0 Å². The highest BCUT2D eigenvalue weighted by atomic mass is 35.5. The Morgan fingerprint density at radius 2 is 2.47 bits per heavy atom. The number of pyridine rings is 1. The van der Waals surface area contributed by atoms with Crippen molar-refractivity contribution in [2.75, 3.05) is 11.4 Å². The van der Waals surface area contributed by atoms with Gasteiger partial charge in [-0.15, -0.1) is 0 Å². The number of amides is 1. The van der Waals surface area contributed by atoms with E-state index in [1.165, 1.54) is 0 Å². The van der Waals surface area contributed by atoms with Crippen LogP contribution in [0.2, 0.25) is 5.15 Å². The molecule has 1 saturated carbocycles. The standard InChI is InChI=1S/C10H10ClN3O/c11-7-2-1-3-8(13-7)14-5-10(9(12)15)4-6(10)14/h1-3,6H,4-5H2,(H2,12,15). The molecule has 2 fully saturated rings. The van der Waals surface area contributed by atoms with Gasteiger partial charge in [0.25, 0.3) is 0 Å². The first-order valence-corrected chi connectivity index (χ1v) is 5.20. The Bertz CT molecular complexity index is 450. The van der Waals surface area contributed by atoms with Crippen molar-refractivity contribution in [1.82, 2.24) is 4.98 Å². The molecule has 0 bridgehead atoms. The summed E-state index contributed by atoms with van der Waals surface area (Å²) < 4.78 is 0. The van der Waals surface area contributed by atoms with Gasteiger partial charge in [0.1, 0.15) is 11.0 Å². The molecule has 2 heterocycles. The predicted octanol–water partition coefficient (Wildman–Crippen LogP) is 0.799. The molecule has 1 aromatic heterocycles. The molecule has 3 rings (SSSR count). The van der Waals surface area contributed by atoms with Crippen LogP contribution in [0, 0.1) is 5.41 Å². The van der Waals surface area contributed by atoms with Crippen LogP contribution in [0.5, 0.6) is 0 Å². The summed E-state index contributed by atoms with van der Waals surface area (Å²) in [5.41, 5.74) is 5.07. The van der Waals surface area contributed by atoms with E-state index in [9.17, 15) is 4.79 Å². The van der Waals surface area contributed by atoms with E-state index in [0.717, 1.165) is 12.2 Å². The van der Waals surface area contributed by atoms with Crippen LogP contribution in [0.1, 0.15) is 6.42 Å². The van der Waals surface area contributed by atoms with Gasteiger partial charge in [-0.1, -0.05) is 17.7 Å². The number of nitrogens with zero attached hydrogens (tertiary/aromatic N) is 2. The molecular formula is C10H10ClN3O. The first-order chi connectivity index (χ1) is 7.13. The van der Waals surface area contributed by atoms with E-state index in [4.69, 9.17) is 17.3 Å². The van der Waals surface area contributed by atoms with Gasteiger partial charge in [0, 0.05) is 12.6 Å². The van der Waals surface area contributed by atoms with Gasteiger partial charge in [-0.2, -0.15) is 0 Å². The SMILES string of the molecule is NC(=O)C12CC1N(c1cccc(Cl)n1)C2. The highest BCUT2D eigenvalue weighted by molar-refractivity contribution is 6.29. The molecule has 78 valence electrons. The molecule has 1 amide bonds. The number of hydrogen-bond donors (Lipinski definition) is 1. The fourth-order valence-corrected chi connectivity index (χ4v) is 2.47. The van der Waals surface area contributed by atoms with Crippen LogP contribution in [0.3, 0.4) is 0 Å². The lowest BCUT2D eigenvalue weighted by Gasteiger charge is -2.37. The van der Waals surface area contributed by atoms with E-state index < -0.39 is 0 Å². The summed E-state index contributed by atoms with van der Waals surface area (Å²) in [6.07, 6.45) is 0.858. The van der Waals surface area contributed by atoms with E-state index in [0.29, 0.717) is 11.7 Å². The number of nitrogens with two attached hydrogens (primary N) is 1. The Kier molecular flexibility index (Phi) is 1.58. The van der Waals surface area contributed by atoms with Gasteiger partial charge < -0.3 is 10.6 Å². The molecule has 1 aliphatic heterocycles. The van der Waals surface area contributed by atoms with Crippen molar-refractivity contribution in [3.05, 3.63) is 23.4 Å². The zero-order valence-electron chi connectivity index (χ0n) is 7.98. The van der Waals surface area contributed by atoms with Crippen molar-refractivity contribution >= 4 is 23.3 Å². The Morgan fingerprint density at radius 3 is 3.00 bits per heavy atom. The van der Waals surface area contributed by atoms with Gasteiger partial charge in [-0.25, -0.2) is 4.98 Å². The molecule has 5 heteroatoms. The lowest BCUT2D eigenvalue weighted by Crippen LogP contribution is -2.53. The summed E-state index contributed by atoms with van der Waals surface area (Å²) >= 11 is 5.80. The van der Waals surface area contributed by atoms with Gasteiger partial charge in [-0.05, 0) is 18.6 Å². The summed E-state index contributed by atoms with van der Waals surface area (Å²) in [5, 5.41) is 0.477. The minimum absolute atomic E-state index is 0.189. The monoisotopic (exact) mass is 223 g/mol. The number of anilines is 1. The van der Waals surface area contributed by atoms with Crippen molar-refractivity contribution in [2.24, 2.45) is 11.1 Å². The lowest BCUT2D eigenvalue weighted by molar-refractivity contribution is -0.124. The van der Waals surface area contributed by atoms with Crippen molar-refractivity contribution in [2.45, 2.75) is 12.5 Å². The molecule has 4 nitrogen and oxygen atoms in total. The zero-order chi connectivity index (χ0) is 10.6. The Morgan fingerprint density at radius 1 is 1.67 bits per heavy atom. The number of carbonyl (C=O) groups excluding carboxylic acids is 1. The Labute approximate surface area is 92.0 Å². The van der Waals surface area contributed by atoms with E-state index in [1.807, 2.05) is 12.1 Å². The third-order valence-corrected chi connectivity index (χ3v) is 3.56. The first-order valence-electron chi connectivity index (χ1n) is 4.83. The van der Waals surface area contributed by atoms with E-state index in [2.05, 4.69) is 9.88 Å². The average molecular weight is 224 g/mol. The average Bonchev–Trinajstić information content (AvgIpc) is 2.73. The van der Waals surface area contributed by atoms with Gasteiger partial charge in [-0.3, -0.25) is 4.79 Å². The topological polar surface area (TPSA) is 59.2 Å². The second kappa shape index (κ2) is 2.64. The summed E-state index contributed by atoms with van der Waals surface area (Å²) in [5.74, 6) is 0.646. The molecule has 0 aromatic carbocycles. The number of primary amides is 1. The van der Waals surface area contributed by atoms with Gasteiger partial charge in [0.15, 0.2) is 0 Å². The molecule has 2 unspecified atom stereocenters. The van der Waals surface area contributed by atoms with E-state index in [-0.39, 0.29) is 17.4 Å². The predicted molar refractivity (Wildman–Crippen MR) is 56.6 cm³/mol. The second-order valence-electron chi connectivity index (χ2n) is 4.19. The Balaban J connectivity index is 1.82. The first kappa shape index (κ1) is 8.97. The number of hydrogen-bond acceptors (Lipinski definition) is 3. The summed E-state index contributed by atoms with van der Waals surface area (Å²) in [4.78, 5) is 17.4. The molecule has 15 heavy (non-hydrogen) atoms. The molecular weight excluding hydrogens is 214 g/mol. The quantitative estimate of drug-likeness (QED) is 0.755. The maximum atomic E-state index is 11.1. The zero-order valence-corrected chi connectivity index (χ0v) is 8.74. The van der Waals surface area contributed by atoms with Gasteiger partial charge in [0.2, 0.25) is 5.91 Å². The van der Waals surface area contributed by atoms with Crippen LogP contribution in [0.15, 0.2) is 18.2 Å². The number of rotatable bonds is 2. The van der Waals surface area contributed by atoms with Crippen molar-refractivity contribution < 1.29 is 4.79 Å². The second-order valence-corrected chi connectivity index (χ2v) is 4.57. The fourth-order valence-electron chi connectivity index (χ4n) is 2.31. The lowest BCUT2D eigenvalue weighted by atomic mass is 9.97. The van der Waals surface area contributed by atoms with Crippen LogP contribution >= 0.6 is 11.6 Å². The molecule has 1 aliphatic carbocycles. The molecule has 1 saturated heterocycles. The molecule has 2 aliphatic rings. The Hall–Kier alpha value is -1.29. The van der Waals surface area contributed by atoms with Crippen LogP contribution in [0.4, 0.5) is 5.82 Å². The number of carbonyl (C=O) groups is 1. The van der Waals surface area contributed by atoms with Gasteiger partial charge in [0.05, 0.1) is 5.41 Å². The largest absolute Gasteiger partial charge is 0.369 e. The van der Waals surface area contributed by atoms with Crippen LogP contribution in [-0.2, 0) is 4.79 Å². The maximum Gasteiger partial charge on any atom is 0.227 e. The molecule has 2 atom stereocenters. The summed E-state index contributed by atoms with van der Waals surface area (Å²) in [6.45, 7) is 0.681. The highest BCUT2D eigenvalue weighted by Gasteiger charge is 2.70.